The predicted molar refractivity (Wildman–Crippen MR) is 67.4 cm³/mol. The highest BCUT2D eigenvalue weighted by Crippen LogP contribution is 2.33. The van der Waals surface area contributed by atoms with Crippen molar-refractivity contribution in [2.45, 2.75) is 42.5 Å². The number of hydrogen-bond acceptors (Lipinski definition) is 3. The van der Waals surface area contributed by atoms with Crippen LogP contribution >= 0.6 is 23.4 Å². The molecule has 1 fully saturated rings. The summed E-state index contributed by atoms with van der Waals surface area (Å²) >= 11 is 7.20. The lowest BCUT2D eigenvalue weighted by molar-refractivity contribution is 0.674. The van der Waals surface area contributed by atoms with Crippen LogP contribution in [0.1, 0.15) is 32.2 Å². The molecule has 1 atom stereocenters. The molecule has 0 N–H and O–H groups in total. The molecule has 2 rings (SSSR count). The van der Waals surface area contributed by atoms with E-state index in [2.05, 4.69) is 11.9 Å². The van der Waals surface area contributed by atoms with Gasteiger partial charge in [-0.25, -0.2) is 4.98 Å². The second-order valence-corrected chi connectivity index (χ2v) is 5.89. The molecule has 0 saturated heterocycles. The van der Waals surface area contributed by atoms with Gasteiger partial charge in [-0.2, -0.15) is 0 Å². The van der Waals surface area contributed by atoms with Gasteiger partial charge < -0.3 is 4.57 Å². The van der Waals surface area contributed by atoms with E-state index in [1.165, 1.54) is 11.8 Å². The smallest absolute Gasteiger partial charge is 0.283 e. The quantitative estimate of drug-likeness (QED) is 0.602. The maximum atomic E-state index is 12.0. The molecule has 16 heavy (non-hydrogen) atoms. The van der Waals surface area contributed by atoms with Crippen molar-refractivity contribution in [2.75, 3.05) is 5.88 Å². The first-order valence-electron chi connectivity index (χ1n) is 5.52. The van der Waals surface area contributed by atoms with Gasteiger partial charge in [-0.05, 0) is 19.3 Å². The van der Waals surface area contributed by atoms with Crippen LogP contribution in [0.4, 0.5) is 0 Å². The summed E-state index contributed by atoms with van der Waals surface area (Å²) in [7, 11) is 0. The molecule has 1 aliphatic rings. The Kier molecular flexibility index (Phi) is 3.92. The van der Waals surface area contributed by atoms with Crippen LogP contribution in [0.25, 0.3) is 0 Å². The number of nitrogens with zero attached hydrogens (tertiary/aromatic N) is 2. The summed E-state index contributed by atoms with van der Waals surface area (Å²) in [5, 5.41) is 0.944. The van der Waals surface area contributed by atoms with Crippen LogP contribution in [0.5, 0.6) is 0 Å². The summed E-state index contributed by atoms with van der Waals surface area (Å²) in [4.78, 5) is 16.2. The SMILES string of the molecule is CC(CCCl)Sc1nccn(C2CC2)c1=O. The Morgan fingerprint density at radius 2 is 2.44 bits per heavy atom. The highest BCUT2D eigenvalue weighted by atomic mass is 35.5. The minimum absolute atomic E-state index is 0.0522. The Labute approximate surface area is 104 Å². The fourth-order valence-electron chi connectivity index (χ4n) is 1.53. The van der Waals surface area contributed by atoms with Crippen LogP contribution in [-0.2, 0) is 0 Å². The molecular formula is C11H15ClN2OS. The Morgan fingerprint density at radius 1 is 1.69 bits per heavy atom. The first kappa shape index (κ1) is 12.0. The average Bonchev–Trinajstić information content (AvgIpc) is 3.05. The maximum Gasteiger partial charge on any atom is 0.283 e. The van der Waals surface area contributed by atoms with E-state index in [9.17, 15) is 4.79 Å². The van der Waals surface area contributed by atoms with Crippen molar-refractivity contribution in [3.63, 3.8) is 0 Å². The van der Waals surface area contributed by atoms with E-state index >= 15 is 0 Å². The lowest BCUT2D eigenvalue weighted by Gasteiger charge is -2.09. The fourth-order valence-corrected chi connectivity index (χ4v) is 2.93. The molecule has 1 unspecified atom stereocenters. The molecule has 0 bridgehead atoms. The van der Waals surface area contributed by atoms with Gasteiger partial charge in [0, 0.05) is 29.6 Å². The topological polar surface area (TPSA) is 34.9 Å². The lowest BCUT2D eigenvalue weighted by Crippen LogP contribution is -2.21. The van der Waals surface area contributed by atoms with Crippen molar-refractivity contribution in [1.29, 1.82) is 0 Å². The first-order chi connectivity index (χ1) is 7.72. The molecule has 0 aliphatic heterocycles. The molecule has 0 aromatic carbocycles. The zero-order valence-corrected chi connectivity index (χ0v) is 10.8. The zero-order valence-electron chi connectivity index (χ0n) is 9.23. The third kappa shape index (κ3) is 2.80. The summed E-state index contributed by atoms with van der Waals surface area (Å²) in [6.45, 7) is 2.07. The van der Waals surface area contributed by atoms with Gasteiger partial charge in [0.15, 0.2) is 5.03 Å². The molecule has 1 aliphatic carbocycles. The molecule has 0 amide bonds. The summed E-state index contributed by atoms with van der Waals surface area (Å²) in [6, 6.07) is 0.415. The minimum atomic E-state index is 0.0522. The van der Waals surface area contributed by atoms with Crippen molar-refractivity contribution >= 4 is 23.4 Å². The van der Waals surface area contributed by atoms with E-state index < -0.39 is 0 Å². The number of thioether (sulfide) groups is 1. The average molecular weight is 259 g/mol. The van der Waals surface area contributed by atoms with Gasteiger partial charge in [0.05, 0.1) is 0 Å². The minimum Gasteiger partial charge on any atom is -0.309 e. The normalized spacial score (nSPS) is 17.4. The summed E-state index contributed by atoms with van der Waals surface area (Å²) in [6.07, 6.45) is 6.63. The van der Waals surface area contributed by atoms with Gasteiger partial charge in [0.2, 0.25) is 0 Å². The number of aromatic nitrogens is 2. The standard InChI is InChI=1S/C11H15ClN2OS/c1-8(4-5-12)16-10-11(15)14(7-6-13-10)9-2-3-9/h6-9H,2-5H2,1H3. The Hall–Kier alpha value is -0.480. The summed E-state index contributed by atoms with van der Waals surface area (Å²) < 4.78 is 1.81. The largest absolute Gasteiger partial charge is 0.309 e. The molecule has 0 spiro atoms. The van der Waals surface area contributed by atoms with E-state index in [0.29, 0.717) is 22.2 Å². The third-order valence-electron chi connectivity index (χ3n) is 2.61. The van der Waals surface area contributed by atoms with Gasteiger partial charge in [-0.15, -0.1) is 11.6 Å². The van der Waals surface area contributed by atoms with Crippen LogP contribution in [0.3, 0.4) is 0 Å². The Morgan fingerprint density at radius 3 is 3.06 bits per heavy atom. The Balaban J connectivity index is 2.14. The number of rotatable bonds is 5. The predicted octanol–water partition coefficient (Wildman–Crippen LogP) is 2.69. The van der Waals surface area contributed by atoms with E-state index in [4.69, 9.17) is 11.6 Å². The first-order valence-corrected chi connectivity index (χ1v) is 6.93. The van der Waals surface area contributed by atoms with Crippen molar-refractivity contribution < 1.29 is 0 Å². The molecular weight excluding hydrogens is 244 g/mol. The van der Waals surface area contributed by atoms with Crippen molar-refractivity contribution in [3.05, 3.63) is 22.7 Å². The van der Waals surface area contributed by atoms with E-state index in [-0.39, 0.29) is 5.56 Å². The van der Waals surface area contributed by atoms with E-state index in [1.807, 2.05) is 4.57 Å². The summed E-state index contributed by atoms with van der Waals surface area (Å²) in [5.74, 6) is 0.623. The van der Waals surface area contributed by atoms with Gasteiger partial charge in [0.25, 0.3) is 5.56 Å². The molecule has 0 radical (unpaired) electrons. The van der Waals surface area contributed by atoms with Crippen molar-refractivity contribution in [2.24, 2.45) is 0 Å². The molecule has 1 heterocycles. The highest BCUT2D eigenvalue weighted by molar-refractivity contribution is 7.99. The second kappa shape index (κ2) is 5.23. The van der Waals surface area contributed by atoms with Gasteiger partial charge >= 0.3 is 0 Å². The van der Waals surface area contributed by atoms with Crippen LogP contribution in [0.15, 0.2) is 22.2 Å². The highest BCUT2D eigenvalue weighted by Gasteiger charge is 2.25. The molecule has 88 valence electrons. The number of hydrogen-bond donors (Lipinski definition) is 0. The number of alkyl halides is 1. The van der Waals surface area contributed by atoms with Crippen LogP contribution < -0.4 is 5.56 Å². The summed E-state index contributed by atoms with van der Waals surface area (Å²) in [5.41, 5.74) is 0.0522. The van der Waals surface area contributed by atoms with Crippen LogP contribution in [0.2, 0.25) is 0 Å². The fraction of sp³-hybridized carbons (Fsp3) is 0.636. The molecule has 1 saturated carbocycles. The van der Waals surface area contributed by atoms with E-state index in [0.717, 1.165) is 19.3 Å². The van der Waals surface area contributed by atoms with Gasteiger partial charge in [-0.1, -0.05) is 18.7 Å². The molecule has 1 aromatic rings. The second-order valence-electron chi connectivity index (χ2n) is 4.08. The van der Waals surface area contributed by atoms with Gasteiger partial charge in [-0.3, -0.25) is 4.79 Å². The maximum absolute atomic E-state index is 12.0. The van der Waals surface area contributed by atoms with Crippen LogP contribution in [-0.4, -0.2) is 20.7 Å². The van der Waals surface area contributed by atoms with E-state index in [1.54, 1.807) is 12.4 Å². The zero-order chi connectivity index (χ0) is 11.5. The molecule has 5 heteroatoms. The Bertz CT molecular complexity index is 417. The van der Waals surface area contributed by atoms with Crippen molar-refractivity contribution in [1.82, 2.24) is 9.55 Å². The van der Waals surface area contributed by atoms with Crippen molar-refractivity contribution in [3.8, 4) is 0 Å². The monoisotopic (exact) mass is 258 g/mol. The third-order valence-corrected chi connectivity index (χ3v) is 3.96. The lowest BCUT2D eigenvalue weighted by atomic mass is 10.4. The van der Waals surface area contributed by atoms with Gasteiger partial charge in [0.1, 0.15) is 0 Å². The van der Waals surface area contributed by atoms with Crippen LogP contribution in [0, 0.1) is 0 Å². The molecule has 3 nitrogen and oxygen atoms in total. The molecule has 1 aromatic heterocycles. The number of halogens is 1.